The number of ether oxygens (including phenoxy) is 1. The highest BCUT2D eigenvalue weighted by atomic mass is 16.5. The van der Waals surface area contributed by atoms with Crippen molar-refractivity contribution in [2.75, 3.05) is 7.11 Å². The van der Waals surface area contributed by atoms with Gasteiger partial charge in [0.05, 0.1) is 11.3 Å². The molecule has 1 heterocycles. The van der Waals surface area contributed by atoms with Crippen molar-refractivity contribution in [1.82, 2.24) is 15.0 Å². The number of hydrogen-bond acceptors (Lipinski definition) is 3. The van der Waals surface area contributed by atoms with Crippen LogP contribution in [0.4, 0.5) is 0 Å². The van der Waals surface area contributed by atoms with Gasteiger partial charge in [0.25, 0.3) is 0 Å². The molecule has 0 amide bonds. The summed E-state index contributed by atoms with van der Waals surface area (Å²) in [5.74, 6) is 0. The Morgan fingerprint density at radius 3 is 2.21 bits per heavy atom. The predicted octanol–water partition coefficient (Wildman–Crippen LogP) is 1.52. The molecule has 0 radical (unpaired) electrons. The largest absolute Gasteiger partial charge is 0.378 e. The molecule has 0 aliphatic heterocycles. The minimum absolute atomic E-state index is 0.157. The van der Waals surface area contributed by atoms with Crippen molar-refractivity contribution in [3.05, 3.63) is 11.9 Å². The van der Waals surface area contributed by atoms with E-state index in [9.17, 15) is 0 Å². The number of methoxy groups -OCH3 is 1. The molecule has 14 heavy (non-hydrogen) atoms. The van der Waals surface area contributed by atoms with Crippen LogP contribution in [-0.2, 0) is 17.2 Å². The minimum atomic E-state index is -0.261. The highest BCUT2D eigenvalue weighted by molar-refractivity contribution is 5.15. The highest BCUT2D eigenvalue weighted by Crippen LogP contribution is 2.35. The summed E-state index contributed by atoms with van der Waals surface area (Å²) < 4.78 is 7.20. The second-order valence-corrected chi connectivity index (χ2v) is 4.62. The third kappa shape index (κ3) is 1.66. The van der Waals surface area contributed by atoms with Crippen LogP contribution in [0.5, 0.6) is 0 Å². The minimum Gasteiger partial charge on any atom is -0.378 e. The van der Waals surface area contributed by atoms with E-state index in [0.717, 1.165) is 5.69 Å². The Morgan fingerprint density at radius 1 is 1.29 bits per heavy atom. The first-order valence-electron chi connectivity index (χ1n) is 4.73. The van der Waals surface area contributed by atoms with E-state index in [0.29, 0.717) is 0 Å². The molecule has 0 saturated heterocycles. The highest BCUT2D eigenvalue weighted by Gasteiger charge is 2.40. The van der Waals surface area contributed by atoms with Crippen LogP contribution in [-0.4, -0.2) is 27.7 Å². The molecule has 0 aromatic carbocycles. The molecule has 4 nitrogen and oxygen atoms in total. The topological polar surface area (TPSA) is 39.9 Å². The normalized spacial score (nSPS) is 13.3. The van der Waals surface area contributed by atoms with Gasteiger partial charge in [-0.2, -0.15) is 0 Å². The molecule has 0 aliphatic carbocycles. The van der Waals surface area contributed by atoms with E-state index in [4.69, 9.17) is 4.74 Å². The quantitative estimate of drug-likeness (QED) is 0.737. The van der Waals surface area contributed by atoms with Gasteiger partial charge in [-0.3, -0.25) is 4.68 Å². The number of aromatic nitrogens is 3. The van der Waals surface area contributed by atoms with E-state index in [1.165, 1.54) is 0 Å². The maximum atomic E-state index is 5.49. The average Bonchev–Trinajstić information content (AvgIpc) is 2.52. The third-order valence-corrected chi connectivity index (χ3v) is 3.26. The lowest BCUT2D eigenvalue weighted by Gasteiger charge is -2.38. The Hall–Kier alpha value is -0.900. The van der Waals surface area contributed by atoms with Gasteiger partial charge >= 0.3 is 0 Å². The molecule has 0 unspecified atom stereocenters. The molecular formula is C10H19N3O. The summed E-state index contributed by atoms with van der Waals surface area (Å²) in [5.41, 5.74) is 0.533. The summed E-state index contributed by atoms with van der Waals surface area (Å²) >= 11 is 0. The van der Waals surface area contributed by atoms with Gasteiger partial charge in [-0.05, 0) is 13.8 Å². The van der Waals surface area contributed by atoms with Gasteiger partial charge in [-0.1, -0.05) is 19.1 Å². The molecule has 0 N–H and O–H groups in total. The Kier molecular flexibility index (Phi) is 2.67. The smallest absolute Gasteiger partial charge is 0.0911 e. The lowest BCUT2D eigenvalue weighted by atomic mass is 9.75. The molecule has 1 aromatic rings. The van der Waals surface area contributed by atoms with Crippen molar-refractivity contribution in [3.8, 4) is 0 Å². The summed E-state index contributed by atoms with van der Waals surface area (Å²) in [6.45, 7) is 8.34. The Bertz CT molecular complexity index is 315. The molecule has 1 rings (SSSR count). The molecule has 0 bridgehead atoms. The number of hydrogen-bond donors (Lipinski definition) is 0. The van der Waals surface area contributed by atoms with Crippen molar-refractivity contribution in [2.24, 2.45) is 7.05 Å². The summed E-state index contributed by atoms with van der Waals surface area (Å²) in [7, 11) is 3.59. The maximum Gasteiger partial charge on any atom is 0.0911 e. The van der Waals surface area contributed by atoms with Crippen LogP contribution in [0.1, 0.15) is 33.4 Å². The van der Waals surface area contributed by atoms with Gasteiger partial charge in [0.2, 0.25) is 0 Å². The number of nitrogens with zero attached hydrogens (tertiary/aromatic N) is 3. The Labute approximate surface area is 85.3 Å². The number of aryl methyl sites for hydroxylation is 1. The van der Waals surface area contributed by atoms with Crippen molar-refractivity contribution in [1.29, 1.82) is 0 Å². The fourth-order valence-corrected chi connectivity index (χ4v) is 1.20. The third-order valence-electron chi connectivity index (χ3n) is 3.26. The molecule has 0 aliphatic rings. The van der Waals surface area contributed by atoms with Gasteiger partial charge in [-0.15, -0.1) is 5.10 Å². The van der Waals surface area contributed by atoms with E-state index < -0.39 is 0 Å². The molecule has 0 saturated carbocycles. The monoisotopic (exact) mass is 197 g/mol. The zero-order valence-electron chi connectivity index (χ0n) is 9.83. The lowest BCUT2D eigenvalue weighted by molar-refractivity contribution is -0.0356. The van der Waals surface area contributed by atoms with Crippen LogP contribution in [0.15, 0.2) is 6.20 Å². The van der Waals surface area contributed by atoms with Crippen LogP contribution in [0, 0.1) is 0 Å². The Morgan fingerprint density at radius 2 is 1.86 bits per heavy atom. The molecule has 80 valence electrons. The van der Waals surface area contributed by atoms with Crippen molar-refractivity contribution >= 4 is 0 Å². The van der Waals surface area contributed by atoms with E-state index >= 15 is 0 Å². The lowest BCUT2D eigenvalue weighted by Crippen LogP contribution is -2.44. The van der Waals surface area contributed by atoms with Crippen LogP contribution < -0.4 is 0 Å². The standard InChI is InChI=1S/C10H19N3O/c1-9(2,10(3,4)14-6)8-7-13(5)12-11-8/h7H,1-6H3. The summed E-state index contributed by atoms with van der Waals surface area (Å²) in [6, 6.07) is 0. The zero-order chi connectivity index (χ0) is 11.0. The Balaban J connectivity index is 3.07. The van der Waals surface area contributed by atoms with Crippen LogP contribution >= 0.6 is 0 Å². The first-order valence-corrected chi connectivity index (χ1v) is 4.73. The van der Waals surface area contributed by atoms with Crippen LogP contribution in [0.3, 0.4) is 0 Å². The second kappa shape index (κ2) is 3.35. The van der Waals surface area contributed by atoms with Gasteiger partial charge in [-0.25, -0.2) is 0 Å². The molecule has 0 spiro atoms. The van der Waals surface area contributed by atoms with Gasteiger partial charge < -0.3 is 4.74 Å². The first-order chi connectivity index (χ1) is 6.31. The van der Waals surface area contributed by atoms with E-state index in [1.54, 1.807) is 11.8 Å². The average molecular weight is 197 g/mol. The van der Waals surface area contributed by atoms with Gasteiger partial charge in [0.1, 0.15) is 0 Å². The van der Waals surface area contributed by atoms with E-state index in [2.05, 4.69) is 38.0 Å². The summed E-state index contributed by atoms with van der Waals surface area (Å²) in [6.07, 6.45) is 1.93. The SMILES string of the molecule is COC(C)(C)C(C)(C)c1cn(C)nn1. The van der Waals surface area contributed by atoms with E-state index in [1.807, 2.05) is 13.2 Å². The van der Waals surface area contributed by atoms with Crippen LogP contribution in [0.2, 0.25) is 0 Å². The second-order valence-electron chi connectivity index (χ2n) is 4.62. The molecule has 4 heteroatoms. The summed E-state index contributed by atoms with van der Waals surface area (Å²) in [4.78, 5) is 0. The molecular weight excluding hydrogens is 178 g/mol. The fraction of sp³-hybridized carbons (Fsp3) is 0.800. The van der Waals surface area contributed by atoms with E-state index in [-0.39, 0.29) is 11.0 Å². The van der Waals surface area contributed by atoms with Crippen molar-refractivity contribution in [3.63, 3.8) is 0 Å². The molecule has 1 aromatic heterocycles. The van der Waals surface area contributed by atoms with Crippen LogP contribution in [0.25, 0.3) is 0 Å². The zero-order valence-corrected chi connectivity index (χ0v) is 9.83. The van der Waals surface area contributed by atoms with Crippen molar-refractivity contribution < 1.29 is 4.74 Å². The molecule has 0 atom stereocenters. The van der Waals surface area contributed by atoms with Crippen molar-refractivity contribution in [2.45, 2.75) is 38.7 Å². The van der Waals surface area contributed by atoms with Gasteiger partial charge in [0.15, 0.2) is 0 Å². The summed E-state index contributed by atoms with van der Waals surface area (Å²) in [5, 5.41) is 8.08. The fourth-order valence-electron chi connectivity index (χ4n) is 1.20. The van der Waals surface area contributed by atoms with Gasteiger partial charge in [0, 0.05) is 25.8 Å². The maximum absolute atomic E-state index is 5.49. The first kappa shape index (κ1) is 11.2. The predicted molar refractivity (Wildman–Crippen MR) is 55.1 cm³/mol. The number of rotatable bonds is 3. The molecule has 0 fully saturated rings.